The first-order chi connectivity index (χ1) is 9.11. The van der Waals surface area contributed by atoms with E-state index in [1.54, 1.807) is 6.92 Å². The highest BCUT2D eigenvalue weighted by atomic mass is 16.5. The van der Waals surface area contributed by atoms with Crippen molar-refractivity contribution >= 4 is 17.5 Å². The SMILES string of the molecule is CCCCCCCCCC(=O)CC(=O)C(=O)OCC. The number of hydrogen-bond acceptors (Lipinski definition) is 4. The van der Waals surface area contributed by atoms with Gasteiger partial charge in [0.05, 0.1) is 13.0 Å². The van der Waals surface area contributed by atoms with E-state index in [1.807, 2.05) is 0 Å². The summed E-state index contributed by atoms with van der Waals surface area (Å²) >= 11 is 0. The van der Waals surface area contributed by atoms with Crippen LogP contribution in [-0.2, 0) is 19.1 Å². The van der Waals surface area contributed by atoms with Crippen molar-refractivity contribution in [1.82, 2.24) is 0 Å². The average molecular weight is 270 g/mol. The summed E-state index contributed by atoms with van der Waals surface area (Å²) in [4.78, 5) is 33.8. The molecule has 0 aromatic carbocycles. The van der Waals surface area contributed by atoms with Crippen LogP contribution >= 0.6 is 0 Å². The van der Waals surface area contributed by atoms with Crippen LogP contribution in [-0.4, -0.2) is 24.1 Å². The minimum Gasteiger partial charge on any atom is -0.460 e. The van der Waals surface area contributed by atoms with Gasteiger partial charge in [0.1, 0.15) is 5.78 Å². The molecule has 0 aliphatic heterocycles. The second-order valence-electron chi connectivity index (χ2n) is 4.73. The van der Waals surface area contributed by atoms with Crippen molar-refractivity contribution in [3.63, 3.8) is 0 Å². The Bertz CT molecular complexity index is 284. The molecule has 110 valence electrons. The van der Waals surface area contributed by atoms with E-state index in [0.29, 0.717) is 6.42 Å². The first-order valence-electron chi connectivity index (χ1n) is 7.33. The molecule has 0 radical (unpaired) electrons. The van der Waals surface area contributed by atoms with Gasteiger partial charge in [0.15, 0.2) is 0 Å². The van der Waals surface area contributed by atoms with Crippen LogP contribution in [0.15, 0.2) is 0 Å². The molecule has 0 bridgehead atoms. The van der Waals surface area contributed by atoms with Crippen LogP contribution < -0.4 is 0 Å². The normalized spacial score (nSPS) is 10.2. The lowest BCUT2D eigenvalue weighted by atomic mass is 10.0. The maximum atomic E-state index is 11.5. The van der Waals surface area contributed by atoms with Crippen LogP contribution in [0.4, 0.5) is 0 Å². The number of rotatable bonds is 12. The molecule has 0 unspecified atom stereocenters. The molecule has 0 spiro atoms. The fourth-order valence-electron chi connectivity index (χ4n) is 1.83. The predicted molar refractivity (Wildman–Crippen MR) is 73.9 cm³/mol. The zero-order chi connectivity index (χ0) is 14.5. The smallest absolute Gasteiger partial charge is 0.375 e. The molecule has 0 atom stereocenters. The number of Topliss-reactive ketones (excluding diaryl/α,β-unsaturated/α-hetero) is 2. The van der Waals surface area contributed by atoms with Crippen molar-refractivity contribution in [2.45, 2.75) is 71.6 Å². The molecule has 0 aliphatic carbocycles. The van der Waals surface area contributed by atoms with Crippen molar-refractivity contribution in [3.8, 4) is 0 Å². The molecule has 19 heavy (non-hydrogen) atoms. The molecule has 0 fully saturated rings. The second kappa shape index (κ2) is 11.9. The van der Waals surface area contributed by atoms with E-state index in [1.165, 1.54) is 25.7 Å². The monoisotopic (exact) mass is 270 g/mol. The van der Waals surface area contributed by atoms with Crippen molar-refractivity contribution in [2.75, 3.05) is 6.61 Å². The lowest BCUT2D eigenvalue weighted by molar-refractivity contribution is -0.154. The number of ether oxygens (including phenoxy) is 1. The van der Waals surface area contributed by atoms with E-state index >= 15 is 0 Å². The lowest BCUT2D eigenvalue weighted by Crippen LogP contribution is -2.20. The topological polar surface area (TPSA) is 60.4 Å². The van der Waals surface area contributed by atoms with Crippen molar-refractivity contribution in [3.05, 3.63) is 0 Å². The minimum absolute atomic E-state index is 0.161. The summed E-state index contributed by atoms with van der Waals surface area (Å²) in [6.07, 6.45) is 8.01. The fourth-order valence-corrected chi connectivity index (χ4v) is 1.83. The third kappa shape index (κ3) is 10.4. The molecule has 0 heterocycles. The maximum absolute atomic E-state index is 11.5. The quantitative estimate of drug-likeness (QED) is 0.236. The third-order valence-electron chi connectivity index (χ3n) is 2.92. The van der Waals surface area contributed by atoms with Crippen LogP contribution in [0.2, 0.25) is 0 Å². The molecule has 4 heteroatoms. The second-order valence-corrected chi connectivity index (χ2v) is 4.73. The van der Waals surface area contributed by atoms with Crippen molar-refractivity contribution in [2.24, 2.45) is 0 Å². The Kier molecular flexibility index (Phi) is 11.1. The highest BCUT2D eigenvalue weighted by molar-refractivity contribution is 6.37. The number of unbranched alkanes of at least 4 members (excludes halogenated alkanes) is 6. The Hall–Kier alpha value is -1.19. The summed E-state index contributed by atoms with van der Waals surface area (Å²) < 4.78 is 4.54. The summed E-state index contributed by atoms with van der Waals surface area (Å²) in [5, 5.41) is 0. The van der Waals surface area contributed by atoms with E-state index < -0.39 is 11.8 Å². The summed E-state index contributed by atoms with van der Waals surface area (Å²) in [7, 11) is 0. The molecule has 0 rings (SSSR count). The standard InChI is InChI=1S/C15H26O4/c1-3-5-6-7-8-9-10-11-13(16)12-14(17)15(18)19-4-2/h3-12H2,1-2H3. The van der Waals surface area contributed by atoms with Gasteiger partial charge in [0, 0.05) is 6.42 Å². The number of esters is 1. The Morgan fingerprint density at radius 2 is 1.42 bits per heavy atom. The Morgan fingerprint density at radius 1 is 0.842 bits per heavy atom. The van der Waals surface area contributed by atoms with Crippen molar-refractivity contribution < 1.29 is 19.1 Å². The fraction of sp³-hybridized carbons (Fsp3) is 0.800. The van der Waals surface area contributed by atoms with E-state index in [2.05, 4.69) is 11.7 Å². The zero-order valence-electron chi connectivity index (χ0n) is 12.2. The number of carbonyl (C=O) groups is 3. The van der Waals surface area contributed by atoms with Crippen LogP contribution in [0.1, 0.15) is 71.6 Å². The number of carbonyl (C=O) groups excluding carboxylic acids is 3. The molecule has 0 aliphatic rings. The van der Waals surface area contributed by atoms with Crippen LogP contribution in [0, 0.1) is 0 Å². The summed E-state index contributed by atoms with van der Waals surface area (Å²) in [6.45, 7) is 3.97. The first kappa shape index (κ1) is 17.8. The molecule has 0 aromatic rings. The van der Waals surface area contributed by atoms with Gasteiger partial charge >= 0.3 is 5.97 Å². The van der Waals surface area contributed by atoms with Gasteiger partial charge in [-0.05, 0) is 13.3 Å². The molecular formula is C15H26O4. The first-order valence-corrected chi connectivity index (χ1v) is 7.33. The van der Waals surface area contributed by atoms with Gasteiger partial charge in [0.25, 0.3) is 0 Å². The van der Waals surface area contributed by atoms with Gasteiger partial charge in [-0.25, -0.2) is 4.79 Å². The largest absolute Gasteiger partial charge is 0.460 e. The zero-order valence-corrected chi connectivity index (χ0v) is 12.2. The van der Waals surface area contributed by atoms with E-state index in [4.69, 9.17) is 0 Å². The number of hydrogen-bond donors (Lipinski definition) is 0. The number of ketones is 2. The predicted octanol–water partition coefficient (Wildman–Crippen LogP) is 3.22. The van der Waals surface area contributed by atoms with Gasteiger partial charge < -0.3 is 4.74 Å². The summed E-state index contributed by atoms with van der Waals surface area (Å²) in [5.74, 6) is -1.78. The van der Waals surface area contributed by atoms with Crippen LogP contribution in [0.25, 0.3) is 0 Å². The molecule has 4 nitrogen and oxygen atoms in total. The molecule has 0 amide bonds. The van der Waals surface area contributed by atoms with Gasteiger partial charge in [-0.2, -0.15) is 0 Å². The molecular weight excluding hydrogens is 244 g/mol. The lowest BCUT2D eigenvalue weighted by Gasteiger charge is -2.02. The van der Waals surface area contributed by atoms with Gasteiger partial charge in [-0.15, -0.1) is 0 Å². The van der Waals surface area contributed by atoms with Gasteiger partial charge in [-0.3, -0.25) is 9.59 Å². The highest BCUT2D eigenvalue weighted by Gasteiger charge is 2.18. The van der Waals surface area contributed by atoms with Gasteiger partial charge in [-0.1, -0.05) is 45.4 Å². The molecule has 0 saturated carbocycles. The molecule has 0 aromatic heterocycles. The highest BCUT2D eigenvalue weighted by Crippen LogP contribution is 2.09. The molecule has 0 N–H and O–H groups in total. The average Bonchev–Trinajstić information content (AvgIpc) is 2.38. The van der Waals surface area contributed by atoms with Crippen molar-refractivity contribution in [1.29, 1.82) is 0 Å². The Balaban J connectivity index is 3.54. The van der Waals surface area contributed by atoms with Crippen LogP contribution in [0.3, 0.4) is 0 Å². The van der Waals surface area contributed by atoms with E-state index in [-0.39, 0.29) is 18.8 Å². The summed E-state index contributed by atoms with van der Waals surface area (Å²) in [5.41, 5.74) is 0. The Morgan fingerprint density at radius 3 is 2.00 bits per heavy atom. The van der Waals surface area contributed by atoms with Crippen LogP contribution in [0.5, 0.6) is 0 Å². The van der Waals surface area contributed by atoms with E-state index in [9.17, 15) is 14.4 Å². The van der Waals surface area contributed by atoms with Gasteiger partial charge in [0.2, 0.25) is 5.78 Å². The third-order valence-corrected chi connectivity index (χ3v) is 2.92. The van der Waals surface area contributed by atoms with E-state index in [0.717, 1.165) is 19.3 Å². The summed E-state index contributed by atoms with van der Waals surface area (Å²) in [6, 6.07) is 0. The maximum Gasteiger partial charge on any atom is 0.375 e. The minimum atomic E-state index is -0.893. The Labute approximate surface area is 115 Å². The molecule has 0 saturated heterocycles.